The van der Waals surface area contributed by atoms with Gasteiger partial charge >= 0.3 is 5.97 Å². The normalized spacial score (nSPS) is 18.7. The third-order valence-corrected chi connectivity index (χ3v) is 3.23. The highest BCUT2D eigenvalue weighted by Gasteiger charge is 2.30. The van der Waals surface area contributed by atoms with Crippen molar-refractivity contribution < 1.29 is 9.53 Å². The number of carbonyl (C=O) groups excluding carboxylic acids is 1. The van der Waals surface area contributed by atoms with E-state index >= 15 is 0 Å². The Hall–Kier alpha value is -2.09. The third kappa shape index (κ3) is 3.02. The molecule has 0 aliphatic carbocycles. The number of aromatic nitrogens is 1. The van der Waals surface area contributed by atoms with E-state index in [-0.39, 0.29) is 12.0 Å². The number of carbonyl (C=O) groups is 1. The predicted molar refractivity (Wildman–Crippen MR) is 70.6 cm³/mol. The van der Waals surface area contributed by atoms with E-state index in [9.17, 15) is 4.79 Å². The summed E-state index contributed by atoms with van der Waals surface area (Å²) in [5, 5.41) is 8.93. The highest BCUT2D eigenvalue weighted by Crippen LogP contribution is 2.24. The largest absolute Gasteiger partial charge is 0.464 e. The summed E-state index contributed by atoms with van der Waals surface area (Å²) in [4.78, 5) is 18.2. The topological polar surface area (TPSA) is 66.2 Å². The molecule has 0 N–H and O–H groups in total. The van der Waals surface area contributed by atoms with Gasteiger partial charge in [0.1, 0.15) is 11.9 Å². The summed E-state index contributed by atoms with van der Waals surface area (Å²) in [6, 6.07) is 5.19. The van der Waals surface area contributed by atoms with E-state index in [1.54, 1.807) is 25.3 Å². The van der Waals surface area contributed by atoms with Gasteiger partial charge in [-0.15, -0.1) is 0 Å². The Morgan fingerprint density at radius 3 is 3.21 bits per heavy atom. The van der Waals surface area contributed by atoms with E-state index in [2.05, 4.69) is 11.1 Å². The molecule has 0 spiro atoms. The van der Waals surface area contributed by atoms with Crippen LogP contribution in [0, 0.1) is 11.3 Å². The molecule has 0 saturated carbocycles. The monoisotopic (exact) mass is 259 g/mol. The minimum absolute atomic E-state index is 0.202. The van der Waals surface area contributed by atoms with Crippen LogP contribution in [0.2, 0.25) is 0 Å². The fourth-order valence-electron chi connectivity index (χ4n) is 2.33. The molecule has 1 aromatic heterocycles. The quantitative estimate of drug-likeness (QED) is 0.775. The van der Waals surface area contributed by atoms with E-state index in [0.717, 1.165) is 25.8 Å². The van der Waals surface area contributed by atoms with Gasteiger partial charge < -0.3 is 9.64 Å². The lowest BCUT2D eigenvalue weighted by atomic mass is 10.0. The van der Waals surface area contributed by atoms with Crippen LogP contribution in [0.5, 0.6) is 0 Å². The Morgan fingerprint density at radius 1 is 1.63 bits per heavy atom. The number of hydrogen-bond acceptors (Lipinski definition) is 5. The van der Waals surface area contributed by atoms with Gasteiger partial charge in [-0.1, -0.05) is 0 Å². The number of piperidine rings is 1. The number of ether oxygens (including phenoxy) is 1. The van der Waals surface area contributed by atoms with Crippen LogP contribution < -0.4 is 4.90 Å². The molecule has 1 aromatic rings. The number of nitriles is 1. The highest BCUT2D eigenvalue weighted by molar-refractivity contribution is 5.80. The second kappa shape index (κ2) is 6.19. The SMILES string of the molecule is CCOC(=O)C1CCCCN1c1cc(C#N)ccn1. The van der Waals surface area contributed by atoms with Crippen LogP contribution in [-0.2, 0) is 9.53 Å². The zero-order valence-corrected chi connectivity index (χ0v) is 11.0. The van der Waals surface area contributed by atoms with Crippen molar-refractivity contribution in [3.05, 3.63) is 23.9 Å². The summed E-state index contributed by atoms with van der Waals surface area (Å²) in [7, 11) is 0. The molecule has 5 nitrogen and oxygen atoms in total. The van der Waals surface area contributed by atoms with Crippen LogP contribution in [0.15, 0.2) is 18.3 Å². The van der Waals surface area contributed by atoms with E-state index in [0.29, 0.717) is 18.0 Å². The molecule has 1 atom stereocenters. The lowest BCUT2D eigenvalue weighted by molar-refractivity contribution is -0.145. The van der Waals surface area contributed by atoms with Gasteiger partial charge in [0.05, 0.1) is 18.2 Å². The maximum atomic E-state index is 12.0. The Bertz CT molecular complexity index is 496. The number of rotatable bonds is 3. The van der Waals surface area contributed by atoms with E-state index in [1.807, 2.05) is 4.90 Å². The first-order chi connectivity index (χ1) is 9.26. The smallest absolute Gasteiger partial charge is 0.328 e. The van der Waals surface area contributed by atoms with E-state index < -0.39 is 0 Å². The summed E-state index contributed by atoms with van der Waals surface area (Å²) in [5.74, 6) is 0.475. The van der Waals surface area contributed by atoms with Crippen LogP contribution in [0.25, 0.3) is 0 Å². The molecule has 0 bridgehead atoms. The average Bonchev–Trinajstić information content (AvgIpc) is 2.47. The number of hydrogen-bond donors (Lipinski definition) is 0. The van der Waals surface area contributed by atoms with Crippen molar-refractivity contribution in [2.45, 2.75) is 32.2 Å². The van der Waals surface area contributed by atoms with Gasteiger partial charge in [0, 0.05) is 12.7 Å². The number of pyridine rings is 1. The second-order valence-electron chi connectivity index (χ2n) is 4.47. The van der Waals surface area contributed by atoms with Crippen LogP contribution in [0.4, 0.5) is 5.82 Å². The number of esters is 1. The van der Waals surface area contributed by atoms with Crippen molar-refractivity contribution in [2.24, 2.45) is 0 Å². The van der Waals surface area contributed by atoms with Gasteiger partial charge in [0.15, 0.2) is 0 Å². The lowest BCUT2D eigenvalue weighted by Crippen LogP contribution is -2.46. The Morgan fingerprint density at radius 2 is 2.47 bits per heavy atom. The van der Waals surface area contributed by atoms with Crippen LogP contribution in [-0.4, -0.2) is 30.1 Å². The lowest BCUT2D eigenvalue weighted by Gasteiger charge is -2.34. The van der Waals surface area contributed by atoms with Crippen LogP contribution in [0.1, 0.15) is 31.7 Å². The van der Waals surface area contributed by atoms with Crippen molar-refractivity contribution >= 4 is 11.8 Å². The molecule has 1 fully saturated rings. The van der Waals surface area contributed by atoms with Crippen molar-refractivity contribution in [2.75, 3.05) is 18.1 Å². The molecule has 0 aromatic carbocycles. The third-order valence-electron chi connectivity index (χ3n) is 3.23. The number of nitrogens with zero attached hydrogens (tertiary/aromatic N) is 3. The standard InChI is InChI=1S/C14H17N3O2/c1-2-19-14(18)12-5-3-4-8-17(12)13-9-11(10-15)6-7-16-13/h6-7,9,12H,2-5,8H2,1H3. The summed E-state index contributed by atoms with van der Waals surface area (Å²) in [6.45, 7) is 2.96. The second-order valence-corrected chi connectivity index (χ2v) is 4.47. The van der Waals surface area contributed by atoms with Crippen LogP contribution >= 0.6 is 0 Å². The van der Waals surface area contributed by atoms with Gasteiger partial charge in [-0.2, -0.15) is 5.26 Å². The van der Waals surface area contributed by atoms with E-state index in [4.69, 9.17) is 10.00 Å². The Balaban J connectivity index is 2.23. The summed E-state index contributed by atoms with van der Waals surface area (Å²) in [5.41, 5.74) is 0.554. The molecule has 1 aliphatic rings. The Kier molecular flexibility index (Phi) is 4.35. The summed E-state index contributed by atoms with van der Waals surface area (Å²) in [6.07, 6.45) is 4.41. The molecular formula is C14H17N3O2. The maximum absolute atomic E-state index is 12.0. The molecule has 0 radical (unpaired) electrons. The molecule has 1 saturated heterocycles. The fraction of sp³-hybridized carbons (Fsp3) is 0.500. The molecule has 5 heteroatoms. The van der Waals surface area contributed by atoms with E-state index in [1.165, 1.54) is 0 Å². The first kappa shape index (κ1) is 13.3. The highest BCUT2D eigenvalue weighted by atomic mass is 16.5. The first-order valence-corrected chi connectivity index (χ1v) is 6.55. The molecule has 2 rings (SSSR count). The van der Waals surface area contributed by atoms with Crippen LogP contribution in [0.3, 0.4) is 0 Å². The summed E-state index contributed by atoms with van der Waals surface area (Å²) < 4.78 is 5.12. The van der Waals surface area contributed by atoms with Gasteiger partial charge in [0.2, 0.25) is 0 Å². The minimum atomic E-state index is -0.282. The van der Waals surface area contributed by atoms with Crippen molar-refractivity contribution in [3.8, 4) is 6.07 Å². The van der Waals surface area contributed by atoms with Gasteiger partial charge in [-0.25, -0.2) is 9.78 Å². The molecule has 2 heterocycles. The Labute approximate surface area is 112 Å². The predicted octanol–water partition coefficient (Wildman–Crippen LogP) is 1.88. The fourth-order valence-corrected chi connectivity index (χ4v) is 2.33. The maximum Gasteiger partial charge on any atom is 0.328 e. The molecule has 100 valence electrons. The van der Waals surface area contributed by atoms with Gasteiger partial charge in [0.25, 0.3) is 0 Å². The minimum Gasteiger partial charge on any atom is -0.464 e. The summed E-state index contributed by atoms with van der Waals surface area (Å²) >= 11 is 0. The molecule has 0 amide bonds. The molecular weight excluding hydrogens is 242 g/mol. The zero-order chi connectivity index (χ0) is 13.7. The number of anilines is 1. The van der Waals surface area contributed by atoms with Gasteiger partial charge in [-0.05, 0) is 38.3 Å². The average molecular weight is 259 g/mol. The van der Waals surface area contributed by atoms with Crippen molar-refractivity contribution in [1.29, 1.82) is 5.26 Å². The molecule has 1 aliphatic heterocycles. The zero-order valence-electron chi connectivity index (χ0n) is 11.0. The van der Waals surface area contributed by atoms with Gasteiger partial charge in [-0.3, -0.25) is 0 Å². The first-order valence-electron chi connectivity index (χ1n) is 6.55. The van der Waals surface area contributed by atoms with Crippen molar-refractivity contribution in [1.82, 2.24) is 4.98 Å². The van der Waals surface area contributed by atoms with Crippen molar-refractivity contribution in [3.63, 3.8) is 0 Å². The molecule has 19 heavy (non-hydrogen) atoms. The molecule has 1 unspecified atom stereocenters.